The Bertz CT molecular complexity index is 365. The van der Waals surface area contributed by atoms with Crippen LogP contribution >= 0.6 is 27.3 Å². The van der Waals surface area contributed by atoms with Crippen LogP contribution in [0.2, 0.25) is 0 Å². The van der Waals surface area contributed by atoms with Crippen LogP contribution in [0, 0.1) is 5.82 Å². The normalized spacial score (nSPS) is 18.1. The third-order valence-corrected chi connectivity index (χ3v) is 5.00. The van der Waals surface area contributed by atoms with Gasteiger partial charge in [0.05, 0.1) is 9.35 Å². The lowest BCUT2D eigenvalue weighted by atomic mass is 10.2. The van der Waals surface area contributed by atoms with Gasteiger partial charge in [-0.1, -0.05) is 0 Å². The van der Waals surface area contributed by atoms with Gasteiger partial charge in [0.25, 0.3) is 0 Å². The fourth-order valence-electron chi connectivity index (χ4n) is 2.02. The second-order valence-corrected chi connectivity index (χ2v) is 5.96. The lowest BCUT2D eigenvalue weighted by molar-refractivity contribution is 0.205. The van der Waals surface area contributed by atoms with Gasteiger partial charge in [-0.15, -0.1) is 11.3 Å². The second-order valence-electron chi connectivity index (χ2n) is 4.20. The van der Waals surface area contributed by atoms with E-state index in [4.69, 9.17) is 5.73 Å². The van der Waals surface area contributed by atoms with Crippen molar-refractivity contribution in [2.45, 2.75) is 31.8 Å². The van der Waals surface area contributed by atoms with Crippen molar-refractivity contribution in [1.82, 2.24) is 4.90 Å². The highest BCUT2D eigenvalue weighted by molar-refractivity contribution is 9.10. The maximum Gasteiger partial charge on any atom is 0.152 e. The molecule has 0 radical (unpaired) electrons. The fourth-order valence-corrected chi connectivity index (χ4v) is 3.52. The van der Waals surface area contributed by atoms with Crippen molar-refractivity contribution in [3.8, 4) is 0 Å². The molecule has 0 bridgehead atoms. The first-order chi connectivity index (χ1) is 7.65. The van der Waals surface area contributed by atoms with Gasteiger partial charge >= 0.3 is 0 Å². The van der Waals surface area contributed by atoms with Crippen molar-refractivity contribution in [3.63, 3.8) is 0 Å². The molecule has 0 aliphatic heterocycles. The molecular formula is C11H16BrFN2S. The van der Waals surface area contributed by atoms with Crippen LogP contribution in [0.1, 0.15) is 30.7 Å². The largest absolute Gasteiger partial charge is 0.329 e. The Hall–Kier alpha value is 0.0300. The molecule has 1 aromatic heterocycles. The van der Waals surface area contributed by atoms with E-state index >= 15 is 0 Å². The van der Waals surface area contributed by atoms with Gasteiger partial charge < -0.3 is 5.73 Å². The van der Waals surface area contributed by atoms with E-state index in [0.29, 0.717) is 17.1 Å². The number of rotatable bonds is 5. The summed E-state index contributed by atoms with van der Waals surface area (Å²) in [6.07, 6.45) is 2.44. The van der Waals surface area contributed by atoms with Gasteiger partial charge in [0.15, 0.2) is 5.82 Å². The predicted molar refractivity (Wildman–Crippen MR) is 69.2 cm³/mol. The van der Waals surface area contributed by atoms with Crippen molar-refractivity contribution in [2.75, 3.05) is 13.1 Å². The minimum atomic E-state index is -0.111. The van der Waals surface area contributed by atoms with Crippen molar-refractivity contribution < 1.29 is 4.39 Å². The van der Waals surface area contributed by atoms with Gasteiger partial charge in [0, 0.05) is 30.6 Å². The average Bonchev–Trinajstić information content (AvgIpc) is 3.04. The van der Waals surface area contributed by atoms with Crippen LogP contribution in [0.3, 0.4) is 0 Å². The number of thiophene rings is 1. The lowest BCUT2D eigenvalue weighted by Crippen LogP contribution is -2.33. The molecular weight excluding hydrogens is 291 g/mol. The van der Waals surface area contributed by atoms with E-state index in [1.165, 1.54) is 24.2 Å². The van der Waals surface area contributed by atoms with Crippen LogP contribution in [0.4, 0.5) is 4.39 Å². The van der Waals surface area contributed by atoms with Crippen LogP contribution in [-0.4, -0.2) is 24.0 Å². The van der Waals surface area contributed by atoms with E-state index in [0.717, 1.165) is 11.4 Å². The highest BCUT2D eigenvalue weighted by Crippen LogP contribution is 2.38. The van der Waals surface area contributed by atoms with Gasteiger partial charge in [-0.2, -0.15) is 0 Å². The molecule has 1 fully saturated rings. The summed E-state index contributed by atoms with van der Waals surface area (Å²) in [7, 11) is 0. The maximum absolute atomic E-state index is 13.8. The smallest absolute Gasteiger partial charge is 0.152 e. The third kappa shape index (κ3) is 2.47. The first-order valence-electron chi connectivity index (χ1n) is 5.53. The summed E-state index contributed by atoms with van der Waals surface area (Å²) >= 11 is 4.70. The summed E-state index contributed by atoms with van der Waals surface area (Å²) in [5.74, 6) is -0.111. The molecule has 90 valence electrons. The molecule has 0 aromatic carbocycles. The van der Waals surface area contributed by atoms with Gasteiger partial charge in [-0.3, -0.25) is 4.90 Å². The first kappa shape index (κ1) is 12.5. The minimum Gasteiger partial charge on any atom is -0.329 e. The molecule has 5 heteroatoms. The van der Waals surface area contributed by atoms with Crippen LogP contribution in [0.15, 0.2) is 9.85 Å². The summed E-state index contributed by atoms with van der Waals surface area (Å²) in [6.45, 7) is 3.55. The van der Waals surface area contributed by atoms with Crippen LogP contribution in [0.25, 0.3) is 0 Å². The van der Waals surface area contributed by atoms with Crippen molar-refractivity contribution in [3.05, 3.63) is 20.5 Å². The van der Waals surface area contributed by atoms with E-state index in [1.807, 2.05) is 5.38 Å². The van der Waals surface area contributed by atoms with Gasteiger partial charge in [-0.25, -0.2) is 4.39 Å². The van der Waals surface area contributed by atoms with E-state index in [9.17, 15) is 4.39 Å². The fraction of sp³-hybridized carbons (Fsp3) is 0.636. The van der Waals surface area contributed by atoms with E-state index < -0.39 is 0 Å². The Labute approximate surface area is 108 Å². The highest BCUT2D eigenvalue weighted by atomic mass is 79.9. The maximum atomic E-state index is 13.8. The number of hydrogen-bond acceptors (Lipinski definition) is 3. The molecule has 1 aromatic rings. The van der Waals surface area contributed by atoms with Crippen molar-refractivity contribution in [1.29, 1.82) is 0 Å². The zero-order valence-corrected chi connectivity index (χ0v) is 11.7. The molecule has 0 amide bonds. The Morgan fingerprint density at radius 2 is 2.38 bits per heavy atom. The van der Waals surface area contributed by atoms with E-state index in [-0.39, 0.29) is 11.9 Å². The van der Waals surface area contributed by atoms with Crippen molar-refractivity contribution >= 4 is 27.3 Å². The van der Waals surface area contributed by atoms with Gasteiger partial charge in [0.2, 0.25) is 0 Å². The summed E-state index contributed by atoms with van der Waals surface area (Å²) in [6, 6.07) is 0.742. The van der Waals surface area contributed by atoms with Crippen LogP contribution in [-0.2, 0) is 0 Å². The minimum absolute atomic E-state index is 0.111. The molecule has 1 unspecified atom stereocenters. The molecule has 0 spiro atoms. The second kappa shape index (κ2) is 5.12. The van der Waals surface area contributed by atoms with Crippen LogP contribution in [0.5, 0.6) is 0 Å². The summed E-state index contributed by atoms with van der Waals surface area (Å²) in [5, 5.41) is 1.81. The van der Waals surface area contributed by atoms with Gasteiger partial charge in [-0.05, 0) is 35.7 Å². The number of nitrogens with zero attached hydrogens (tertiary/aromatic N) is 1. The number of nitrogens with two attached hydrogens (primary N) is 1. The number of hydrogen-bond donors (Lipinski definition) is 1. The molecule has 1 atom stereocenters. The molecule has 2 nitrogen and oxygen atoms in total. The Morgan fingerprint density at radius 3 is 2.81 bits per heavy atom. The molecule has 1 heterocycles. The topological polar surface area (TPSA) is 29.3 Å². The van der Waals surface area contributed by atoms with Crippen LogP contribution < -0.4 is 5.73 Å². The molecule has 2 N–H and O–H groups in total. The third-order valence-electron chi connectivity index (χ3n) is 3.00. The highest BCUT2D eigenvalue weighted by Gasteiger charge is 2.33. The Balaban J connectivity index is 2.15. The molecule has 2 rings (SSSR count). The first-order valence-corrected chi connectivity index (χ1v) is 7.20. The average molecular weight is 307 g/mol. The van der Waals surface area contributed by atoms with E-state index in [1.54, 1.807) is 0 Å². The van der Waals surface area contributed by atoms with E-state index in [2.05, 4.69) is 27.8 Å². The standard InChI is InChI=1S/C11H16BrFN2S/c1-7(11-10(13)9(12)6-16-11)15(5-4-14)8-2-3-8/h6-8H,2-5,14H2,1H3. The quantitative estimate of drug-likeness (QED) is 0.905. The Morgan fingerprint density at radius 1 is 1.69 bits per heavy atom. The summed E-state index contributed by atoms with van der Waals surface area (Å²) < 4.78 is 14.4. The van der Waals surface area contributed by atoms with Crippen molar-refractivity contribution in [2.24, 2.45) is 5.73 Å². The summed E-state index contributed by atoms with van der Waals surface area (Å²) in [4.78, 5) is 3.13. The Kier molecular flexibility index (Phi) is 4.00. The molecule has 1 aliphatic rings. The summed E-state index contributed by atoms with van der Waals surface area (Å²) in [5.41, 5.74) is 5.61. The zero-order chi connectivity index (χ0) is 11.7. The molecule has 16 heavy (non-hydrogen) atoms. The molecule has 1 saturated carbocycles. The molecule has 1 aliphatic carbocycles. The lowest BCUT2D eigenvalue weighted by Gasteiger charge is -2.27. The zero-order valence-electron chi connectivity index (χ0n) is 9.25. The SMILES string of the molecule is CC(c1scc(Br)c1F)N(CCN)C1CC1. The molecule has 0 saturated heterocycles. The predicted octanol–water partition coefficient (Wildman–Crippen LogP) is 3.13. The van der Waals surface area contributed by atoms with Gasteiger partial charge in [0.1, 0.15) is 0 Å². The number of halogens is 2. The monoisotopic (exact) mass is 306 g/mol.